The van der Waals surface area contributed by atoms with Crippen molar-refractivity contribution in [1.29, 1.82) is 0 Å². The van der Waals surface area contributed by atoms with Crippen LogP contribution in [-0.2, 0) is 4.74 Å². The molecular weight excluding hydrogens is 348 g/mol. The summed E-state index contributed by atoms with van der Waals surface area (Å²) in [6, 6.07) is 0. The van der Waals surface area contributed by atoms with Gasteiger partial charge >= 0.3 is 0 Å². The van der Waals surface area contributed by atoms with Gasteiger partial charge in [0.25, 0.3) is 0 Å². The molecule has 3 heteroatoms. The maximum atomic E-state index is 10.3. The first kappa shape index (κ1) is 24.6. The Morgan fingerprint density at radius 3 is 2.57 bits per heavy atom. The molecule has 0 spiro atoms. The first-order valence-electron chi connectivity index (χ1n) is 10.5. The minimum absolute atomic E-state index is 0.00454. The third-order valence-electron chi connectivity index (χ3n) is 5.63. The van der Waals surface area contributed by atoms with Crippen LogP contribution >= 0.6 is 0 Å². The second-order valence-electron chi connectivity index (χ2n) is 8.39. The van der Waals surface area contributed by atoms with E-state index in [-0.39, 0.29) is 17.9 Å². The molecule has 2 N–H and O–H groups in total. The summed E-state index contributed by atoms with van der Waals surface area (Å²) in [6.07, 6.45) is 19.8. The van der Waals surface area contributed by atoms with Crippen LogP contribution in [0.2, 0.25) is 0 Å². The van der Waals surface area contributed by atoms with E-state index in [2.05, 4.69) is 50.8 Å². The summed E-state index contributed by atoms with van der Waals surface area (Å²) in [5, 5.41) is 20.7. The zero-order chi connectivity index (χ0) is 21.2. The SMILES string of the molecule is C=CCC/C=C/C=C(\C)CC(C)/C=C/C=C/C[C@H]1O[C@](C)(O)[C@H](C)[C@@H](O)[C@H]1C. The lowest BCUT2D eigenvalue weighted by molar-refractivity contribution is -0.306. The van der Waals surface area contributed by atoms with Crippen LogP contribution in [0.25, 0.3) is 0 Å². The number of rotatable bonds is 10. The third kappa shape index (κ3) is 8.30. The molecule has 0 saturated carbocycles. The topological polar surface area (TPSA) is 49.7 Å². The van der Waals surface area contributed by atoms with Crippen LogP contribution in [0.15, 0.2) is 60.8 Å². The Kier molecular flexibility index (Phi) is 10.7. The van der Waals surface area contributed by atoms with Crippen molar-refractivity contribution in [3.63, 3.8) is 0 Å². The highest BCUT2D eigenvalue weighted by Crippen LogP contribution is 2.36. The molecule has 0 aromatic carbocycles. The fraction of sp³-hybridized carbons (Fsp3) is 0.600. The quantitative estimate of drug-likeness (QED) is 0.286. The van der Waals surface area contributed by atoms with Crippen LogP contribution in [0.4, 0.5) is 0 Å². The lowest BCUT2D eigenvalue weighted by atomic mass is 9.80. The molecule has 3 nitrogen and oxygen atoms in total. The van der Waals surface area contributed by atoms with Crippen molar-refractivity contribution >= 4 is 0 Å². The third-order valence-corrected chi connectivity index (χ3v) is 5.63. The van der Waals surface area contributed by atoms with E-state index in [0.29, 0.717) is 12.3 Å². The van der Waals surface area contributed by atoms with Gasteiger partial charge in [-0.05, 0) is 45.4 Å². The largest absolute Gasteiger partial charge is 0.392 e. The van der Waals surface area contributed by atoms with E-state index >= 15 is 0 Å². The summed E-state index contributed by atoms with van der Waals surface area (Å²) in [5.41, 5.74) is 1.37. The van der Waals surface area contributed by atoms with Gasteiger partial charge in [0, 0.05) is 11.8 Å². The molecule has 158 valence electrons. The first-order chi connectivity index (χ1) is 13.2. The van der Waals surface area contributed by atoms with E-state index in [1.165, 1.54) is 5.57 Å². The van der Waals surface area contributed by atoms with Gasteiger partial charge in [0.05, 0.1) is 12.2 Å². The van der Waals surface area contributed by atoms with E-state index < -0.39 is 11.9 Å². The number of hydrogen-bond acceptors (Lipinski definition) is 3. The predicted octanol–water partition coefficient (Wildman–Crippen LogP) is 5.72. The van der Waals surface area contributed by atoms with Gasteiger partial charge in [-0.1, -0.05) is 75.0 Å². The molecule has 1 rings (SSSR count). The smallest absolute Gasteiger partial charge is 0.168 e. The molecule has 28 heavy (non-hydrogen) atoms. The monoisotopic (exact) mass is 388 g/mol. The van der Waals surface area contributed by atoms with Gasteiger partial charge in [-0.15, -0.1) is 6.58 Å². The van der Waals surface area contributed by atoms with Crippen molar-refractivity contribution in [2.45, 2.75) is 78.3 Å². The fourth-order valence-corrected chi connectivity index (χ4v) is 3.51. The van der Waals surface area contributed by atoms with Gasteiger partial charge in [0.15, 0.2) is 5.79 Å². The van der Waals surface area contributed by atoms with Crippen molar-refractivity contribution in [3.05, 3.63) is 60.8 Å². The molecule has 1 saturated heterocycles. The van der Waals surface area contributed by atoms with E-state index in [4.69, 9.17) is 4.74 Å². The van der Waals surface area contributed by atoms with Gasteiger partial charge < -0.3 is 14.9 Å². The molecule has 1 aliphatic heterocycles. The van der Waals surface area contributed by atoms with Crippen LogP contribution < -0.4 is 0 Å². The van der Waals surface area contributed by atoms with E-state index in [0.717, 1.165) is 19.3 Å². The van der Waals surface area contributed by atoms with Gasteiger partial charge in [0.1, 0.15) is 0 Å². The second-order valence-corrected chi connectivity index (χ2v) is 8.39. The standard InChI is InChI=1S/C25H40O3/c1-7-8-9-10-12-15-19(2)18-20(3)16-13-11-14-17-23-21(4)24(26)22(5)25(6,27)28-23/h7,10-16,20-24,26-27H,1,8-9,17-18H2,2-6H3/b12-10+,14-11+,16-13+,19-15+/t20?,21-,22+,23+,24-,25-/m0/s1. The zero-order valence-corrected chi connectivity index (χ0v) is 18.3. The van der Waals surface area contributed by atoms with Crippen molar-refractivity contribution in [2.24, 2.45) is 17.8 Å². The zero-order valence-electron chi connectivity index (χ0n) is 18.3. The molecule has 0 aromatic heterocycles. The molecule has 1 heterocycles. The van der Waals surface area contributed by atoms with Crippen molar-refractivity contribution in [3.8, 4) is 0 Å². The van der Waals surface area contributed by atoms with Gasteiger partial charge in [-0.3, -0.25) is 0 Å². The molecule has 6 atom stereocenters. The van der Waals surface area contributed by atoms with Crippen LogP contribution in [0, 0.1) is 17.8 Å². The molecule has 1 fully saturated rings. The van der Waals surface area contributed by atoms with E-state index in [9.17, 15) is 10.2 Å². The number of aliphatic hydroxyl groups is 2. The van der Waals surface area contributed by atoms with E-state index in [1.54, 1.807) is 6.92 Å². The second kappa shape index (κ2) is 12.2. The normalized spacial score (nSPS) is 33.2. The van der Waals surface area contributed by atoms with Crippen molar-refractivity contribution in [1.82, 2.24) is 0 Å². The van der Waals surface area contributed by atoms with Crippen LogP contribution in [-0.4, -0.2) is 28.2 Å². The summed E-state index contributed by atoms with van der Waals surface area (Å²) in [4.78, 5) is 0. The molecule has 0 bridgehead atoms. The minimum atomic E-state index is -1.28. The molecule has 0 aliphatic carbocycles. The molecule has 0 amide bonds. The molecule has 1 unspecified atom stereocenters. The predicted molar refractivity (Wildman–Crippen MR) is 119 cm³/mol. The number of hydrogen-bond donors (Lipinski definition) is 2. The van der Waals surface area contributed by atoms with Crippen LogP contribution in [0.1, 0.15) is 60.3 Å². The van der Waals surface area contributed by atoms with E-state index in [1.807, 2.05) is 32.1 Å². The molecule has 0 radical (unpaired) electrons. The maximum Gasteiger partial charge on any atom is 0.168 e. The maximum absolute atomic E-state index is 10.3. The summed E-state index contributed by atoms with van der Waals surface area (Å²) in [5.74, 6) is -1.11. The van der Waals surface area contributed by atoms with Crippen LogP contribution in [0.5, 0.6) is 0 Å². The summed E-state index contributed by atoms with van der Waals surface area (Å²) >= 11 is 0. The highest BCUT2D eigenvalue weighted by Gasteiger charge is 2.46. The highest BCUT2D eigenvalue weighted by molar-refractivity contribution is 5.13. The minimum Gasteiger partial charge on any atom is -0.392 e. The Labute approximate surface area is 172 Å². The van der Waals surface area contributed by atoms with Gasteiger partial charge in [0.2, 0.25) is 0 Å². The summed E-state index contributed by atoms with van der Waals surface area (Å²) < 4.78 is 5.81. The molecule has 0 aromatic rings. The lowest BCUT2D eigenvalue weighted by Gasteiger charge is -2.46. The number of allylic oxidation sites excluding steroid dienone is 8. The summed E-state index contributed by atoms with van der Waals surface area (Å²) in [6.45, 7) is 13.5. The average Bonchev–Trinajstić information content (AvgIpc) is 2.63. The first-order valence-corrected chi connectivity index (χ1v) is 10.5. The van der Waals surface area contributed by atoms with Gasteiger partial charge in [-0.25, -0.2) is 0 Å². The lowest BCUT2D eigenvalue weighted by Crippen LogP contribution is -2.55. The Morgan fingerprint density at radius 1 is 1.18 bits per heavy atom. The van der Waals surface area contributed by atoms with Crippen molar-refractivity contribution in [2.75, 3.05) is 0 Å². The Balaban J connectivity index is 2.43. The number of ether oxygens (including phenoxy) is 1. The van der Waals surface area contributed by atoms with Gasteiger partial charge in [-0.2, -0.15) is 0 Å². The number of unbranched alkanes of at least 4 members (excludes halogenated alkanes) is 1. The summed E-state index contributed by atoms with van der Waals surface area (Å²) in [7, 11) is 0. The highest BCUT2D eigenvalue weighted by atomic mass is 16.6. The van der Waals surface area contributed by atoms with Crippen molar-refractivity contribution < 1.29 is 14.9 Å². The molecular formula is C25H40O3. The molecule has 1 aliphatic rings. The Hall–Kier alpha value is -1.42. The van der Waals surface area contributed by atoms with Crippen LogP contribution in [0.3, 0.4) is 0 Å². The average molecular weight is 389 g/mol. The fourth-order valence-electron chi connectivity index (χ4n) is 3.51. The Bertz CT molecular complexity index is 583. The number of aliphatic hydroxyl groups excluding tert-OH is 1. The Morgan fingerprint density at radius 2 is 1.89 bits per heavy atom.